The second-order valence-corrected chi connectivity index (χ2v) is 6.62. The molecular formula is C20H17ClFN3O2. The SMILES string of the molecule is CCOC(=O)C1=C(C)Nc2nc3ccccc3n2[C@H]1c1c(F)cccc1Cl. The second kappa shape index (κ2) is 6.70. The van der Waals surface area contributed by atoms with Crippen LogP contribution in [0.2, 0.25) is 5.02 Å². The molecule has 7 heteroatoms. The Labute approximate surface area is 160 Å². The fraction of sp³-hybridized carbons (Fsp3) is 0.200. The molecule has 1 N–H and O–H groups in total. The van der Waals surface area contributed by atoms with Crippen LogP contribution < -0.4 is 5.32 Å². The van der Waals surface area contributed by atoms with Crippen molar-refractivity contribution < 1.29 is 13.9 Å². The molecule has 2 aromatic carbocycles. The van der Waals surface area contributed by atoms with Crippen molar-refractivity contribution in [1.82, 2.24) is 9.55 Å². The van der Waals surface area contributed by atoms with Crippen molar-refractivity contribution in [3.63, 3.8) is 0 Å². The number of para-hydroxylation sites is 2. The summed E-state index contributed by atoms with van der Waals surface area (Å²) in [6.45, 7) is 3.69. The minimum Gasteiger partial charge on any atom is -0.463 e. The number of hydrogen-bond donors (Lipinski definition) is 1. The number of nitrogens with zero attached hydrogens (tertiary/aromatic N) is 2. The number of ether oxygens (including phenoxy) is 1. The van der Waals surface area contributed by atoms with Crippen molar-refractivity contribution in [3.05, 3.63) is 70.1 Å². The van der Waals surface area contributed by atoms with Gasteiger partial charge in [0.2, 0.25) is 5.95 Å². The highest BCUT2D eigenvalue weighted by molar-refractivity contribution is 6.31. The number of carbonyl (C=O) groups excluding carboxylic acids is 1. The molecule has 3 aromatic rings. The van der Waals surface area contributed by atoms with Crippen molar-refractivity contribution in [2.24, 2.45) is 0 Å². The Morgan fingerprint density at radius 3 is 2.81 bits per heavy atom. The number of aromatic nitrogens is 2. The van der Waals surface area contributed by atoms with E-state index in [1.807, 2.05) is 24.3 Å². The van der Waals surface area contributed by atoms with Gasteiger partial charge in [-0.1, -0.05) is 29.8 Å². The fourth-order valence-corrected chi connectivity index (χ4v) is 3.75. The number of halogens is 2. The van der Waals surface area contributed by atoms with Crippen LogP contribution in [0.3, 0.4) is 0 Å². The van der Waals surface area contributed by atoms with Crippen LogP contribution in [0.5, 0.6) is 0 Å². The zero-order chi connectivity index (χ0) is 19.1. The number of benzene rings is 2. The summed E-state index contributed by atoms with van der Waals surface area (Å²) in [6, 6.07) is 11.2. The number of allylic oxidation sites excluding steroid dienone is 1. The third-order valence-corrected chi connectivity index (χ3v) is 4.93. The van der Waals surface area contributed by atoms with Gasteiger partial charge in [0.25, 0.3) is 0 Å². The summed E-state index contributed by atoms with van der Waals surface area (Å²) in [6.07, 6.45) is 0. The Hall–Kier alpha value is -2.86. The van der Waals surface area contributed by atoms with E-state index in [4.69, 9.17) is 16.3 Å². The number of carbonyl (C=O) groups is 1. The summed E-state index contributed by atoms with van der Waals surface area (Å²) >= 11 is 6.37. The zero-order valence-corrected chi connectivity index (χ0v) is 15.5. The third-order valence-electron chi connectivity index (χ3n) is 4.60. The molecule has 0 fully saturated rings. The second-order valence-electron chi connectivity index (χ2n) is 6.22. The van der Waals surface area contributed by atoms with E-state index in [9.17, 15) is 9.18 Å². The van der Waals surface area contributed by atoms with Crippen LogP contribution in [-0.2, 0) is 9.53 Å². The maximum absolute atomic E-state index is 14.9. The van der Waals surface area contributed by atoms with E-state index in [-0.39, 0.29) is 17.2 Å². The molecule has 0 aliphatic carbocycles. The summed E-state index contributed by atoms with van der Waals surface area (Å²) in [5.41, 5.74) is 2.57. The number of esters is 1. The molecule has 1 aliphatic rings. The summed E-state index contributed by atoms with van der Waals surface area (Å²) in [7, 11) is 0. The van der Waals surface area contributed by atoms with Crippen molar-refractivity contribution in [1.29, 1.82) is 0 Å². The number of fused-ring (bicyclic) bond motifs is 3. The van der Waals surface area contributed by atoms with Gasteiger partial charge in [-0.3, -0.25) is 4.57 Å². The number of hydrogen-bond acceptors (Lipinski definition) is 4. The van der Waals surface area contributed by atoms with Gasteiger partial charge in [0.05, 0.1) is 23.2 Å². The van der Waals surface area contributed by atoms with E-state index in [1.165, 1.54) is 12.1 Å². The van der Waals surface area contributed by atoms with Crippen LogP contribution >= 0.6 is 11.6 Å². The molecule has 0 unspecified atom stereocenters. The van der Waals surface area contributed by atoms with Gasteiger partial charge in [-0.2, -0.15) is 0 Å². The maximum atomic E-state index is 14.9. The van der Waals surface area contributed by atoms with Crippen molar-refractivity contribution in [2.45, 2.75) is 19.9 Å². The fourth-order valence-electron chi connectivity index (χ4n) is 3.48. The molecule has 1 atom stereocenters. The molecule has 138 valence electrons. The van der Waals surface area contributed by atoms with Gasteiger partial charge in [0.1, 0.15) is 11.9 Å². The number of nitrogens with one attached hydrogen (secondary N) is 1. The molecule has 0 bridgehead atoms. The van der Waals surface area contributed by atoms with Gasteiger partial charge in [0, 0.05) is 16.3 Å². The summed E-state index contributed by atoms with van der Waals surface area (Å²) in [4.78, 5) is 17.3. The molecule has 2 heterocycles. The van der Waals surface area contributed by atoms with E-state index in [0.29, 0.717) is 17.2 Å². The van der Waals surface area contributed by atoms with Gasteiger partial charge in [-0.15, -0.1) is 0 Å². The van der Waals surface area contributed by atoms with Gasteiger partial charge in [0.15, 0.2) is 0 Å². The highest BCUT2D eigenvalue weighted by atomic mass is 35.5. The predicted octanol–water partition coefficient (Wildman–Crippen LogP) is 4.68. The van der Waals surface area contributed by atoms with E-state index >= 15 is 0 Å². The van der Waals surface area contributed by atoms with Gasteiger partial charge < -0.3 is 10.1 Å². The highest BCUT2D eigenvalue weighted by Crippen LogP contribution is 2.42. The first-order valence-corrected chi connectivity index (χ1v) is 8.96. The van der Waals surface area contributed by atoms with Crippen LogP contribution in [0.15, 0.2) is 53.7 Å². The Kier molecular flexibility index (Phi) is 4.36. The average molecular weight is 386 g/mol. The van der Waals surface area contributed by atoms with Gasteiger partial charge in [-0.05, 0) is 38.1 Å². The molecule has 0 saturated carbocycles. The first-order chi connectivity index (χ1) is 13.0. The average Bonchev–Trinajstić information content (AvgIpc) is 2.99. The van der Waals surface area contributed by atoms with E-state index in [1.54, 1.807) is 24.5 Å². The van der Waals surface area contributed by atoms with Crippen molar-refractivity contribution >= 4 is 34.6 Å². The Bertz CT molecular complexity index is 1070. The highest BCUT2D eigenvalue weighted by Gasteiger charge is 2.37. The first-order valence-electron chi connectivity index (χ1n) is 8.58. The van der Waals surface area contributed by atoms with E-state index in [2.05, 4.69) is 10.3 Å². The van der Waals surface area contributed by atoms with Crippen molar-refractivity contribution in [2.75, 3.05) is 11.9 Å². The molecule has 0 saturated heterocycles. The predicted molar refractivity (Wildman–Crippen MR) is 102 cm³/mol. The smallest absolute Gasteiger partial charge is 0.338 e. The minimum absolute atomic E-state index is 0.213. The zero-order valence-electron chi connectivity index (χ0n) is 14.8. The Balaban J connectivity index is 2.05. The van der Waals surface area contributed by atoms with Gasteiger partial charge >= 0.3 is 5.97 Å². The van der Waals surface area contributed by atoms with Crippen LogP contribution in [0.1, 0.15) is 25.5 Å². The van der Waals surface area contributed by atoms with Crippen LogP contribution in [-0.4, -0.2) is 22.1 Å². The molecule has 27 heavy (non-hydrogen) atoms. The molecular weight excluding hydrogens is 369 g/mol. The standard InChI is InChI=1S/C20H17ClFN3O2/c1-3-27-19(26)16-11(2)23-20-24-14-9-4-5-10-15(14)25(20)18(16)17-12(21)7-6-8-13(17)22/h4-10,18H,3H2,1-2H3,(H,23,24)/t18-/m1/s1. The van der Waals surface area contributed by atoms with E-state index < -0.39 is 17.8 Å². The van der Waals surface area contributed by atoms with Crippen LogP contribution in [0, 0.1) is 5.82 Å². The lowest BCUT2D eigenvalue weighted by Crippen LogP contribution is -2.29. The lowest BCUT2D eigenvalue weighted by atomic mass is 9.94. The number of imidazole rings is 1. The summed E-state index contributed by atoms with van der Waals surface area (Å²) in [5, 5.41) is 3.38. The summed E-state index contributed by atoms with van der Waals surface area (Å²) < 4.78 is 21.9. The molecule has 0 amide bonds. The monoisotopic (exact) mass is 385 g/mol. The Morgan fingerprint density at radius 2 is 2.07 bits per heavy atom. The van der Waals surface area contributed by atoms with Crippen LogP contribution in [0.25, 0.3) is 11.0 Å². The normalized spacial score (nSPS) is 16.2. The van der Waals surface area contributed by atoms with Crippen molar-refractivity contribution in [3.8, 4) is 0 Å². The Morgan fingerprint density at radius 1 is 1.30 bits per heavy atom. The lowest BCUT2D eigenvalue weighted by molar-refractivity contribution is -0.139. The molecule has 4 rings (SSSR count). The molecule has 1 aliphatic heterocycles. The number of anilines is 1. The van der Waals surface area contributed by atoms with Crippen LogP contribution in [0.4, 0.5) is 10.3 Å². The minimum atomic E-state index is -0.790. The quantitative estimate of drug-likeness (QED) is 0.665. The van der Waals surface area contributed by atoms with Gasteiger partial charge in [-0.25, -0.2) is 14.2 Å². The summed E-state index contributed by atoms with van der Waals surface area (Å²) in [5.74, 6) is -0.492. The third kappa shape index (κ3) is 2.77. The molecule has 5 nitrogen and oxygen atoms in total. The number of rotatable bonds is 3. The topological polar surface area (TPSA) is 56.1 Å². The lowest BCUT2D eigenvalue weighted by Gasteiger charge is -2.30. The molecule has 0 spiro atoms. The largest absolute Gasteiger partial charge is 0.463 e. The first kappa shape index (κ1) is 17.5. The molecule has 1 aromatic heterocycles. The molecule has 0 radical (unpaired) electrons. The van der Waals surface area contributed by atoms with E-state index in [0.717, 1.165) is 11.0 Å². The maximum Gasteiger partial charge on any atom is 0.338 e.